The monoisotopic (exact) mass is 492 g/mol. The highest BCUT2D eigenvalue weighted by atomic mass is 32.2. The van der Waals surface area contributed by atoms with Crippen LogP contribution in [0, 0.1) is 12.8 Å². The minimum Gasteiger partial charge on any atom is -0.379 e. The van der Waals surface area contributed by atoms with E-state index in [-0.39, 0.29) is 16.8 Å². The molecule has 0 radical (unpaired) electrons. The van der Waals surface area contributed by atoms with Crippen molar-refractivity contribution in [2.75, 3.05) is 64.3 Å². The van der Waals surface area contributed by atoms with E-state index in [0.29, 0.717) is 37.6 Å². The molecule has 1 aromatic carbocycles. The lowest BCUT2D eigenvalue weighted by molar-refractivity contribution is -0.121. The van der Waals surface area contributed by atoms with Crippen LogP contribution in [0.4, 0.5) is 5.69 Å². The highest BCUT2D eigenvalue weighted by molar-refractivity contribution is 7.89. The van der Waals surface area contributed by atoms with E-state index in [2.05, 4.69) is 15.1 Å². The molecule has 1 aliphatic carbocycles. The molecule has 3 fully saturated rings. The van der Waals surface area contributed by atoms with Crippen LogP contribution >= 0.6 is 0 Å². The number of hydrogen-bond donors (Lipinski definition) is 1. The molecule has 2 saturated heterocycles. The van der Waals surface area contributed by atoms with Gasteiger partial charge in [0, 0.05) is 51.5 Å². The number of carbonyl (C=O) groups excluding carboxylic acids is 1. The van der Waals surface area contributed by atoms with E-state index < -0.39 is 10.0 Å². The van der Waals surface area contributed by atoms with Crippen LogP contribution in [0.2, 0.25) is 0 Å². The first-order valence-corrected chi connectivity index (χ1v) is 14.2. The molecule has 9 heteroatoms. The summed E-state index contributed by atoms with van der Waals surface area (Å²) in [4.78, 5) is 18.0. The minimum atomic E-state index is -3.62. The Hall–Kier alpha value is -1.52. The second kappa shape index (κ2) is 11.5. The average molecular weight is 493 g/mol. The number of aryl methyl sites for hydroxylation is 1. The number of benzene rings is 1. The molecular formula is C25H40N4O4S. The molecule has 0 bridgehead atoms. The van der Waals surface area contributed by atoms with E-state index in [9.17, 15) is 13.2 Å². The van der Waals surface area contributed by atoms with Crippen molar-refractivity contribution in [3.63, 3.8) is 0 Å². The summed E-state index contributed by atoms with van der Waals surface area (Å²) >= 11 is 0. The van der Waals surface area contributed by atoms with Gasteiger partial charge in [0.15, 0.2) is 0 Å². The average Bonchev–Trinajstić information content (AvgIpc) is 2.86. The summed E-state index contributed by atoms with van der Waals surface area (Å²) in [5.74, 6) is 0.741. The fourth-order valence-electron chi connectivity index (χ4n) is 5.36. The molecule has 34 heavy (non-hydrogen) atoms. The van der Waals surface area contributed by atoms with Gasteiger partial charge in [0.2, 0.25) is 15.9 Å². The quantitative estimate of drug-likeness (QED) is 0.630. The summed E-state index contributed by atoms with van der Waals surface area (Å²) in [6.07, 6.45) is 6.85. The van der Waals surface area contributed by atoms with Gasteiger partial charge in [-0.25, -0.2) is 8.42 Å². The third kappa shape index (κ3) is 6.18. The Morgan fingerprint density at radius 2 is 1.74 bits per heavy atom. The summed E-state index contributed by atoms with van der Waals surface area (Å²) in [6.45, 7) is 10.2. The predicted molar refractivity (Wildman–Crippen MR) is 133 cm³/mol. The minimum absolute atomic E-state index is 0.0979. The molecule has 0 aromatic heterocycles. The smallest absolute Gasteiger partial charge is 0.243 e. The SMILES string of the molecule is Cc1ccc(NC(=O)C(C)N2CCN(CC3CCCCC3)CC2)cc1S(=O)(=O)N1CCOCC1. The number of nitrogens with zero attached hydrogens (tertiary/aromatic N) is 3. The van der Waals surface area contributed by atoms with E-state index in [1.807, 2.05) is 6.92 Å². The second-order valence-corrected chi connectivity index (χ2v) is 11.9. The fraction of sp³-hybridized carbons (Fsp3) is 0.720. The zero-order valence-corrected chi connectivity index (χ0v) is 21.5. The molecule has 1 saturated carbocycles. The Kier molecular flexibility index (Phi) is 8.63. The van der Waals surface area contributed by atoms with E-state index in [0.717, 1.165) is 32.1 Å². The number of hydrogen-bond acceptors (Lipinski definition) is 6. The van der Waals surface area contributed by atoms with Gasteiger partial charge >= 0.3 is 0 Å². The molecule has 190 valence electrons. The number of piperazine rings is 1. The molecule has 8 nitrogen and oxygen atoms in total. The highest BCUT2D eigenvalue weighted by Crippen LogP contribution is 2.26. The predicted octanol–water partition coefficient (Wildman–Crippen LogP) is 2.54. The zero-order valence-electron chi connectivity index (χ0n) is 20.7. The normalized spacial score (nSPS) is 23.0. The summed E-state index contributed by atoms with van der Waals surface area (Å²) in [5, 5.41) is 2.96. The Labute approximate surface area is 204 Å². The maximum Gasteiger partial charge on any atom is 0.243 e. The van der Waals surface area contributed by atoms with Crippen molar-refractivity contribution >= 4 is 21.6 Å². The Bertz CT molecular complexity index is 934. The van der Waals surface area contributed by atoms with Gasteiger partial charge in [-0.1, -0.05) is 25.3 Å². The van der Waals surface area contributed by atoms with Crippen molar-refractivity contribution in [3.8, 4) is 0 Å². The van der Waals surface area contributed by atoms with Crippen molar-refractivity contribution in [2.45, 2.75) is 56.9 Å². The van der Waals surface area contributed by atoms with Crippen molar-refractivity contribution in [2.24, 2.45) is 5.92 Å². The third-order valence-electron chi connectivity index (χ3n) is 7.62. The largest absolute Gasteiger partial charge is 0.379 e. The van der Waals surface area contributed by atoms with Gasteiger partial charge in [-0.05, 0) is 50.3 Å². The standard InChI is InChI=1S/C25H40N4O4S/c1-20-8-9-23(18-24(20)34(31,32)29-14-16-33-17-15-29)26-25(30)21(2)28-12-10-27(11-13-28)19-22-6-4-3-5-7-22/h8-9,18,21-22H,3-7,10-17,19H2,1-2H3,(H,26,30). The first-order valence-electron chi connectivity index (χ1n) is 12.8. The number of nitrogens with one attached hydrogen (secondary N) is 1. The second-order valence-electron chi connectivity index (χ2n) is 10.0. The van der Waals surface area contributed by atoms with Crippen molar-refractivity contribution in [1.29, 1.82) is 0 Å². The lowest BCUT2D eigenvalue weighted by atomic mass is 9.89. The molecule has 3 aliphatic rings. The van der Waals surface area contributed by atoms with Crippen LogP contribution in [0.25, 0.3) is 0 Å². The summed E-state index contributed by atoms with van der Waals surface area (Å²) < 4.78 is 33.0. The highest BCUT2D eigenvalue weighted by Gasteiger charge is 2.30. The fourth-order valence-corrected chi connectivity index (χ4v) is 7.02. The van der Waals surface area contributed by atoms with Crippen molar-refractivity contribution in [1.82, 2.24) is 14.1 Å². The van der Waals surface area contributed by atoms with Crippen molar-refractivity contribution in [3.05, 3.63) is 23.8 Å². The first kappa shape index (κ1) is 25.6. The molecule has 1 atom stereocenters. The number of rotatable bonds is 7. The molecule has 2 heterocycles. The number of morpholine rings is 1. The summed E-state index contributed by atoms with van der Waals surface area (Å²) in [5.41, 5.74) is 1.19. The maximum absolute atomic E-state index is 13.1. The molecular weight excluding hydrogens is 452 g/mol. The van der Waals surface area contributed by atoms with Gasteiger partial charge < -0.3 is 15.0 Å². The summed E-state index contributed by atoms with van der Waals surface area (Å²) in [6, 6.07) is 4.86. The van der Waals surface area contributed by atoms with Crippen LogP contribution in [-0.4, -0.2) is 93.5 Å². The third-order valence-corrected chi connectivity index (χ3v) is 9.66. The Balaban J connectivity index is 1.33. The van der Waals surface area contributed by atoms with E-state index in [4.69, 9.17) is 4.74 Å². The number of anilines is 1. The topological polar surface area (TPSA) is 82.2 Å². The van der Waals surface area contributed by atoms with Gasteiger partial charge in [-0.2, -0.15) is 4.31 Å². The van der Waals surface area contributed by atoms with Gasteiger partial charge in [-0.3, -0.25) is 9.69 Å². The zero-order chi connectivity index (χ0) is 24.1. The Morgan fingerprint density at radius 3 is 2.41 bits per heavy atom. The van der Waals surface area contributed by atoms with Crippen LogP contribution in [0.3, 0.4) is 0 Å². The van der Waals surface area contributed by atoms with Crippen LogP contribution in [0.1, 0.15) is 44.6 Å². The number of amides is 1. The lowest BCUT2D eigenvalue weighted by Gasteiger charge is -2.39. The van der Waals surface area contributed by atoms with Gasteiger partial charge in [0.25, 0.3) is 0 Å². The number of sulfonamides is 1. The lowest BCUT2D eigenvalue weighted by Crippen LogP contribution is -2.53. The Morgan fingerprint density at radius 1 is 1.06 bits per heavy atom. The van der Waals surface area contributed by atoms with E-state index in [1.165, 1.54) is 43.0 Å². The molecule has 4 rings (SSSR count). The molecule has 0 spiro atoms. The van der Waals surface area contributed by atoms with Crippen LogP contribution in [0.15, 0.2) is 23.1 Å². The molecule has 1 aromatic rings. The van der Waals surface area contributed by atoms with Gasteiger partial charge in [-0.15, -0.1) is 0 Å². The summed E-state index contributed by atoms with van der Waals surface area (Å²) in [7, 11) is -3.62. The number of ether oxygens (including phenoxy) is 1. The number of carbonyl (C=O) groups is 1. The van der Waals surface area contributed by atoms with E-state index >= 15 is 0 Å². The first-order chi connectivity index (χ1) is 16.3. The van der Waals surface area contributed by atoms with Crippen LogP contribution in [-0.2, 0) is 19.6 Å². The molecule has 1 amide bonds. The van der Waals surface area contributed by atoms with Gasteiger partial charge in [0.1, 0.15) is 0 Å². The van der Waals surface area contributed by atoms with Gasteiger partial charge in [0.05, 0.1) is 24.2 Å². The van der Waals surface area contributed by atoms with Crippen LogP contribution in [0.5, 0.6) is 0 Å². The van der Waals surface area contributed by atoms with Crippen molar-refractivity contribution < 1.29 is 17.9 Å². The molecule has 1 unspecified atom stereocenters. The molecule has 1 N–H and O–H groups in total. The van der Waals surface area contributed by atoms with Crippen LogP contribution < -0.4 is 5.32 Å². The maximum atomic E-state index is 13.1. The van der Waals surface area contributed by atoms with E-state index in [1.54, 1.807) is 25.1 Å². The molecule has 2 aliphatic heterocycles.